The third-order valence-electron chi connectivity index (χ3n) is 4.03. The Balaban J connectivity index is 1.49. The van der Waals surface area contributed by atoms with Crippen LogP contribution in [0, 0.1) is 5.92 Å². The van der Waals surface area contributed by atoms with E-state index in [-0.39, 0.29) is 5.91 Å². The number of hydrogen-bond donors (Lipinski definition) is 1. The molecule has 0 aliphatic heterocycles. The topological polar surface area (TPSA) is 29.1 Å². The molecule has 106 valence electrons. The minimum Gasteiger partial charge on any atom is -0.351 e. The van der Waals surface area contributed by atoms with E-state index in [1.165, 1.54) is 49.8 Å². The van der Waals surface area contributed by atoms with Gasteiger partial charge in [0.25, 0.3) is 0 Å². The molecule has 2 nitrogen and oxygen atoms in total. The van der Waals surface area contributed by atoms with E-state index in [2.05, 4.69) is 11.4 Å². The second kappa shape index (κ2) is 8.36. The predicted octanol–water partition coefficient (Wildman–Crippen LogP) is 4.51. The molecule has 1 aliphatic rings. The summed E-state index contributed by atoms with van der Waals surface area (Å²) in [5.41, 5.74) is 0. The Hall–Kier alpha value is -0.830. The molecule has 0 atom stereocenters. The molecule has 19 heavy (non-hydrogen) atoms. The Morgan fingerprint density at radius 3 is 2.84 bits per heavy atom. The van der Waals surface area contributed by atoms with Crippen LogP contribution in [0.15, 0.2) is 17.5 Å². The van der Waals surface area contributed by atoms with Gasteiger partial charge in [-0.1, -0.05) is 51.0 Å². The molecule has 0 unspecified atom stereocenters. The zero-order chi connectivity index (χ0) is 13.3. The minimum absolute atomic E-state index is 0.206. The number of hydrogen-bond acceptors (Lipinski definition) is 2. The van der Waals surface area contributed by atoms with Gasteiger partial charge in [-0.2, -0.15) is 0 Å². The lowest BCUT2D eigenvalue weighted by Gasteiger charge is -2.21. The van der Waals surface area contributed by atoms with Crippen LogP contribution in [0.2, 0.25) is 0 Å². The van der Waals surface area contributed by atoms with Gasteiger partial charge in [-0.05, 0) is 23.8 Å². The van der Waals surface area contributed by atoms with Crippen molar-refractivity contribution in [2.45, 2.75) is 64.3 Å². The molecule has 0 saturated heterocycles. The molecular formula is C16H25NOS. The van der Waals surface area contributed by atoms with Gasteiger partial charge < -0.3 is 5.32 Å². The molecule has 1 aromatic rings. The van der Waals surface area contributed by atoms with Crippen molar-refractivity contribution in [1.82, 2.24) is 5.32 Å². The van der Waals surface area contributed by atoms with Crippen molar-refractivity contribution in [3.8, 4) is 0 Å². The number of carbonyl (C=O) groups is 1. The van der Waals surface area contributed by atoms with Gasteiger partial charge in [0.1, 0.15) is 0 Å². The van der Waals surface area contributed by atoms with Crippen LogP contribution < -0.4 is 5.32 Å². The molecule has 3 heteroatoms. The first-order valence-electron chi connectivity index (χ1n) is 7.63. The van der Waals surface area contributed by atoms with Crippen LogP contribution in [0.1, 0.15) is 62.7 Å². The van der Waals surface area contributed by atoms with Gasteiger partial charge in [0.2, 0.25) is 5.91 Å². The maximum atomic E-state index is 11.7. The van der Waals surface area contributed by atoms with Crippen LogP contribution >= 0.6 is 11.3 Å². The van der Waals surface area contributed by atoms with Gasteiger partial charge in [0.15, 0.2) is 0 Å². The Bertz CT molecular complexity index is 355. The average Bonchev–Trinajstić information content (AvgIpc) is 2.96. The molecule has 1 N–H and O–H groups in total. The number of amides is 1. The normalized spacial score (nSPS) is 16.4. The first kappa shape index (κ1) is 14.6. The fourth-order valence-electron chi connectivity index (χ4n) is 2.88. The molecule has 1 amide bonds. The van der Waals surface area contributed by atoms with Crippen LogP contribution in [0.5, 0.6) is 0 Å². The Morgan fingerprint density at radius 1 is 1.26 bits per heavy atom. The molecule has 2 rings (SSSR count). The summed E-state index contributed by atoms with van der Waals surface area (Å²) in [5, 5.41) is 5.04. The van der Waals surface area contributed by atoms with Gasteiger partial charge in [-0.15, -0.1) is 11.3 Å². The molecule has 0 bridgehead atoms. The van der Waals surface area contributed by atoms with Crippen molar-refractivity contribution in [3.05, 3.63) is 22.4 Å². The molecular weight excluding hydrogens is 254 g/mol. The van der Waals surface area contributed by atoms with E-state index in [1.807, 2.05) is 11.4 Å². The van der Waals surface area contributed by atoms with Crippen LogP contribution in [0.25, 0.3) is 0 Å². The second-order valence-corrected chi connectivity index (χ2v) is 6.64. The first-order chi connectivity index (χ1) is 9.34. The number of unbranched alkanes of at least 4 members (excludes halogenated alkanes) is 1. The summed E-state index contributed by atoms with van der Waals surface area (Å²) in [6, 6.07) is 4.09. The van der Waals surface area contributed by atoms with E-state index in [9.17, 15) is 4.79 Å². The average molecular weight is 279 g/mol. The van der Waals surface area contributed by atoms with Crippen molar-refractivity contribution in [2.75, 3.05) is 0 Å². The number of nitrogens with one attached hydrogen (secondary N) is 1. The number of thiophene rings is 1. The highest BCUT2D eigenvalue weighted by Gasteiger charge is 2.12. The molecule has 1 heterocycles. The van der Waals surface area contributed by atoms with Crippen molar-refractivity contribution >= 4 is 17.2 Å². The second-order valence-electron chi connectivity index (χ2n) is 5.61. The summed E-state index contributed by atoms with van der Waals surface area (Å²) in [6.07, 6.45) is 11.4. The lowest BCUT2D eigenvalue weighted by Crippen LogP contribution is -2.21. The van der Waals surface area contributed by atoms with Crippen LogP contribution in [-0.4, -0.2) is 5.91 Å². The first-order valence-corrected chi connectivity index (χ1v) is 8.51. The van der Waals surface area contributed by atoms with Gasteiger partial charge >= 0.3 is 0 Å². The summed E-state index contributed by atoms with van der Waals surface area (Å²) in [4.78, 5) is 12.9. The van der Waals surface area contributed by atoms with E-state index in [1.54, 1.807) is 11.3 Å². The van der Waals surface area contributed by atoms with E-state index in [4.69, 9.17) is 0 Å². The van der Waals surface area contributed by atoms with Gasteiger partial charge in [0.05, 0.1) is 6.54 Å². The molecule has 0 aromatic carbocycles. The van der Waals surface area contributed by atoms with Crippen LogP contribution in [-0.2, 0) is 11.3 Å². The fraction of sp³-hybridized carbons (Fsp3) is 0.688. The fourth-order valence-corrected chi connectivity index (χ4v) is 3.53. The lowest BCUT2D eigenvalue weighted by atomic mass is 9.85. The number of rotatable bonds is 7. The Kier molecular flexibility index (Phi) is 6.42. The Morgan fingerprint density at radius 2 is 2.11 bits per heavy atom. The smallest absolute Gasteiger partial charge is 0.220 e. The molecule has 1 aliphatic carbocycles. The highest BCUT2D eigenvalue weighted by molar-refractivity contribution is 7.09. The maximum absolute atomic E-state index is 11.7. The van der Waals surface area contributed by atoms with E-state index in [0.717, 1.165) is 12.3 Å². The molecule has 0 spiro atoms. The molecule has 1 fully saturated rings. The van der Waals surface area contributed by atoms with Gasteiger partial charge in [0, 0.05) is 11.3 Å². The summed E-state index contributed by atoms with van der Waals surface area (Å²) in [7, 11) is 0. The standard InChI is InChI=1S/C16H25NOS/c18-16(17-13-15-10-6-12-19-15)11-5-4-9-14-7-2-1-3-8-14/h6,10,12,14H,1-5,7-9,11,13H2,(H,17,18). The zero-order valence-corrected chi connectivity index (χ0v) is 12.5. The summed E-state index contributed by atoms with van der Waals surface area (Å²) < 4.78 is 0. The lowest BCUT2D eigenvalue weighted by molar-refractivity contribution is -0.121. The largest absolute Gasteiger partial charge is 0.351 e. The monoisotopic (exact) mass is 279 g/mol. The Labute approximate surface area is 120 Å². The maximum Gasteiger partial charge on any atom is 0.220 e. The van der Waals surface area contributed by atoms with Crippen LogP contribution in [0.3, 0.4) is 0 Å². The third kappa shape index (κ3) is 5.77. The summed E-state index contributed by atoms with van der Waals surface area (Å²) in [5.74, 6) is 1.15. The van der Waals surface area contributed by atoms with Crippen LogP contribution in [0.4, 0.5) is 0 Å². The highest BCUT2D eigenvalue weighted by atomic mass is 32.1. The number of carbonyl (C=O) groups excluding carboxylic acids is 1. The highest BCUT2D eigenvalue weighted by Crippen LogP contribution is 2.27. The van der Waals surface area contributed by atoms with Gasteiger partial charge in [-0.25, -0.2) is 0 Å². The van der Waals surface area contributed by atoms with Crippen molar-refractivity contribution in [3.63, 3.8) is 0 Å². The third-order valence-corrected chi connectivity index (χ3v) is 4.91. The van der Waals surface area contributed by atoms with E-state index >= 15 is 0 Å². The van der Waals surface area contributed by atoms with E-state index < -0.39 is 0 Å². The molecule has 0 radical (unpaired) electrons. The van der Waals surface area contributed by atoms with E-state index in [0.29, 0.717) is 13.0 Å². The molecule has 1 saturated carbocycles. The molecule has 1 aromatic heterocycles. The quantitative estimate of drug-likeness (QED) is 0.731. The van der Waals surface area contributed by atoms with Crippen molar-refractivity contribution < 1.29 is 4.79 Å². The van der Waals surface area contributed by atoms with Crippen molar-refractivity contribution in [1.29, 1.82) is 0 Å². The summed E-state index contributed by atoms with van der Waals surface area (Å²) in [6.45, 7) is 0.694. The summed E-state index contributed by atoms with van der Waals surface area (Å²) >= 11 is 1.70. The minimum atomic E-state index is 0.206. The SMILES string of the molecule is O=C(CCCCC1CCCCC1)NCc1cccs1. The van der Waals surface area contributed by atoms with Crippen molar-refractivity contribution in [2.24, 2.45) is 5.92 Å². The van der Waals surface area contributed by atoms with Gasteiger partial charge in [-0.3, -0.25) is 4.79 Å². The zero-order valence-electron chi connectivity index (χ0n) is 11.7. The predicted molar refractivity (Wildman–Crippen MR) is 81.2 cm³/mol.